The molecular formula is C12H24N4O. The summed E-state index contributed by atoms with van der Waals surface area (Å²) in [7, 11) is 0. The maximum Gasteiger partial charge on any atom is 0.238 e. The van der Waals surface area contributed by atoms with Gasteiger partial charge in [0.1, 0.15) is 0 Å². The Balaban J connectivity index is 1.91. The van der Waals surface area contributed by atoms with Crippen molar-refractivity contribution in [1.82, 2.24) is 15.2 Å². The van der Waals surface area contributed by atoms with E-state index >= 15 is 0 Å². The molecule has 0 aromatic rings. The van der Waals surface area contributed by atoms with Gasteiger partial charge in [-0.2, -0.15) is 0 Å². The van der Waals surface area contributed by atoms with Crippen molar-refractivity contribution in [2.24, 2.45) is 11.8 Å². The Morgan fingerprint density at radius 3 is 2.82 bits per heavy atom. The quantitative estimate of drug-likeness (QED) is 0.407. The molecule has 3 unspecified atom stereocenters. The lowest BCUT2D eigenvalue weighted by molar-refractivity contribution is -0.126. The van der Waals surface area contributed by atoms with Crippen molar-refractivity contribution < 1.29 is 4.79 Å². The van der Waals surface area contributed by atoms with Crippen molar-refractivity contribution in [3.8, 4) is 0 Å². The third-order valence-corrected chi connectivity index (χ3v) is 4.47. The number of hydrogen-bond donors (Lipinski definition) is 2. The highest BCUT2D eigenvalue weighted by molar-refractivity contribution is 5.78. The van der Waals surface area contributed by atoms with E-state index in [-0.39, 0.29) is 17.9 Å². The van der Waals surface area contributed by atoms with Crippen molar-refractivity contribution in [3.05, 3.63) is 0 Å². The van der Waals surface area contributed by atoms with Gasteiger partial charge in [-0.05, 0) is 26.3 Å². The molecule has 0 saturated carbocycles. The molecule has 2 rings (SSSR count). The zero-order chi connectivity index (χ0) is 12.4. The Kier molecular flexibility index (Phi) is 4.01. The predicted molar refractivity (Wildman–Crippen MR) is 67.1 cm³/mol. The average Bonchev–Trinajstić information content (AvgIpc) is 2.83. The van der Waals surface area contributed by atoms with Crippen molar-refractivity contribution in [1.29, 1.82) is 0 Å². The molecule has 0 aromatic heterocycles. The van der Waals surface area contributed by atoms with Gasteiger partial charge in [0.15, 0.2) is 0 Å². The van der Waals surface area contributed by atoms with Gasteiger partial charge in [-0.25, -0.2) is 5.84 Å². The first kappa shape index (κ1) is 12.8. The number of carbonyl (C=O) groups is 1. The fourth-order valence-electron chi connectivity index (χ4n) is 3.05. The Morgan fingerprint density at radius 1 is 1.35 bits per heavy atom. The summed E-state index contributed by atoms with van der Waals surface area (Å²) < 4.78 is 0. The summed E-state index contributed by atoms with van der Waals surface area (Å²) in [4.78, 5) is 16.6. The first-order valence-electron chi connectivity index (χ1n) is 6.62. The highest BCUT2D eigenvalue weighted by atomic mass is 16.2. The fraction of sp³-hybridized carbons (Fsp3) is 0.917. The highest BCUT2D eigenvalue weighted by Gasteiger charge is 2.34. The molecule has 0 aliphatic carbocycles. The molecule has 2 fully saturated rings. The third-order valence-electron chi connectivity index (χ3n) is 4.47. The number of fused-ring (bicyclic) bond motifs is 1. The number of rotatable bonds is 3. The minimum Gasteiger partial charge on any atom is -0.298 e. The van der Waals surface area contributed by atoms with Crippen LogP contribution in [0.25, 0.3) is 0 Å². The minimum atomic E-state index is -0.0636. The van der Waals surface area contributed by atoms with Crippen LogP contribution in [0.5, 0.6) is 0 Å². The van der Waals surface area contributed by atoms with Gasteiger partial charge in [-0.3, -0.25) is 20.0 Å². The molecule has 0 aromatic carbocycles. The van der Waals surface area contributed by atoms with Crippen LogP contribution in [0.3, 0.4) is 0 Å². The monoisotopic (exact) mass is 240 g/mol. The summed E-state index contributed by atoms with van der Waals surface area (Å²) in [5, 5.41) is 0. The molecule has 2 aliphatic rings. The van der Waals surface area contributed by atoms with Crippen LogP contribution in [0.4, 0.5) is 0 Å². The van der Waals surface area contributed by atoms with Crippen molar-refractivity contribution in [2.75, 3.05) is 26.2 Å². The molecule has 3 atom stereocenters. The van der Waals surface area contributed by atoms with Crippen LogP contribution in [-0.2, 0) is 4.79 Å². The van der Waals surface area contributed by atoms with E-state index in [1.165, 1.54) is 19.4 Å². The van der Waals surface area contributed by atoms with Gasteiger partial charge < -0.3 is 0 Å². The standard InChI is InChI=1S/C12H24N4O/c1-9(12(17)14-13)10(2)16-7-6-15-5-3-4-11(15)8-16/h9-11H,3-8,13H2,1-2H3,(H,14,17). The first-order valence-corrected chi connectivity index (χ1v) is 6.62. The lowest BCUT2D eigenvalue weighted by atomic mass is 9.99. The van der Waals surface area contributed by atoms with Crippen LogP contribution in [0.2, 0.25) is 0 Å². The van der Waals surface area contributed by atoms with E-state index in [4.69, 9.17) is 5.84 Å². The van der Waals surface area contributed by atoms with Crippen LogP contribution in [0, 0.1) is 5.92 Å². The van der Waals surface area contributed by atoms with Crippen LogP contribution < -0.4 is 11.3 Å². The topological polar surface area (TPSA) is 61.6 Å². The molecule has 17 heavy (non-hydrogen) atoms. The number of hydrogen-bond acceptors (Lipinski definition) is 4. The van der Waals surface area contributed by atoms with Crippen molar-refractivity contribution in [2.45, 2.75) is 38.8 Å². The molecule has 5 heteroatoms. The van der Waals surface area contributed by atoms with Crippen LogP contribution in [0.15, 0.2) is 0 Å². The molecule has 0 bridgehead atoms. The zero-order valence-electron chi connectivity index (χ0n) is 10.9. The molecule has 2 aliphatic heterocycles. The molecule has 3 N–H and O–H groups in total. The molecule has 1 amide bonds. The van der Waals surface area contributed by atoms with Gasteiger partial charge >= 0.3 is 0 Å². The van der Waals surface area contributed by atoms with Crippen LogP contribution >= 0.6 is 0 Å². The predicted octanol–water partition coefficient (Wildman–Crippen LogP) is -0.219. The smallest absolute Gasteiger partial charge is 0.238 e. The van der Waals surface area contributed by atoms with E-state index < -0.39 is 0 Å². The lowest BCUT2D eigenvalue weighted by Gasteiger charge is -2.41. The normalized spacial score (nSPS) is 29.7. The van der Waals surface area contributed by atoms with Crippen molar-refractivity contribution >= 4 is 5.91 Å². The molecule has 0 spiro atoms. The number of nitrogens with two attached hydrogens (primary N) is 1. The van der Waals surface area contributed by atoms with E-state index in [1.807, 2.05) is 6.92 Å². The number of hydrazine groups is 1. The molecule has 0 radical (unpaired) electrons. The van der Waals surface area contributed by atoms with Gasteiger partial charge in [0.2, 0.25) is 5.91 Å². The van der Waals surface area contributed by atoms with Crippen molar-refractivity contribution in [3.63, 3.8) is 0 Å². The summed E-state index contributed by atoms with van der Waals surface area (Å²) in [6.07, 6.45) is 2.63. The number of amides is 1. The molecule has 98 valence electrons. The second kappa shape index (κ2) is 5.33. The maximum absolute atomic E-state index is 11.6. The second-order valence-electron chi connectivity index (χ2n) is 5.36. The summed E-state index contributed by atoms with van der Waals surface area (Å²) in [5.74, 6) is 5.09. The van der Waals surface area contributed by atoms with E-state index in [0.29, 0.717) is 6.04 Å². The largest absolute Gasteiger partial charge is 0.298 e. The maximum atomic E-state index is 11.6. The molecule has 5 nitrogen and oxygen atoms in total. The SMILES string of the molecule is CC(C(=O)NN)C(C)N1CCN2CCCC2C1. The Bertz CT molecular complexity index is 284. The van der Waals surface area contributed by atoms with Gasteiger partial charge in [0.05, 0.1) is 5.92 Å². The Morgan fingerprint density at radius 2 is 2.12 bits per heavy atom. The molecule has 2 heterocycles. The lowest BCUT2D eigenvalue weighted by Crippen LogP contribution is -2.55. The first-order chi connectivity index (χ1) is 8.13. The molecule has 2 saturated heterocycles. The fourth-order valence-corrected chi connectivity index (χ4v) is 3.05. The van der Waals surface area contributed by atoms with Gasteiger partial charge in [-0.15, -0.1) is 0 Å². The Labute approximate surface area is 103 Å². The summed E-state index contributed by atoms with van der Waals surface area (Å²) in [6.45, 7) is 8.65. The van der Waals surface area contributed by atoms with Crippen LogP contribution in [-0.4, -0.2) is 54.0 Å². The van der Waals surface area contributed by atoms with Gasteiger partial charge in [-0.1, -0.05) is 6.92 Å². The van der Waals surface area contributed by atoms with Gasteiger partial charge in [0.25, 0.3) is 0 Å². The van der Waals surface area contributed by atoms with Crippen LogP contribution in [0.1, 0.15) is 26.7 Å². The van der Waals surface area contributed by atoms with Gasteiger partial charge in [0, 0.05) is 31.7 Å². The van der Waals surface area contributed by atoms with E-state index in [2.05, 4.69) is 22.1 Å². The number of carbonyl (C=O) groups excluding carboxylic acids is 1. The van der Waals surface area contributed by atoms with E-state index in [0.717, 1.165) is 19.6 Å². The summed E-state index contributed by atoms with van der Waals surface area (Å²) >= 11 is 0. The average molecular weight is 240 g/mol. The van der Waals surface area contributed by atoms with E-state index in [9.17, 15) is 4.79 Å². The summed E-state index contributed by atoms with van der Waals surface area (Å²) in [5.41, 5.74) is 2.26. The number of nitrogens with one attached hydrogen (secondary N) is 1. The van der Waals surface area contributed by atoms with E-state index in [1.54, 1.807) is 0 Å². The number of piperazine rings is 1. The minimum absolute atomic E-state index is 0.0482. The molecular weight excluding hydrogens is 216 g/mol. The summed E-state index contributed by atoms with van der Waals surface area (Å²) in [6, 6.07) is 0.973. The highest BCUT2D eigenvalue weighted by Crippen LogP contribution is 2.24. The second-order valence-corrected chi connectivity index (χ2v) is 5.36. The number of nitrogens with zero attached hydrogens (tertiary/aromatic N) is 2. The third kappa shape index (κ3) is 2.61. The zero-order valence-corrected chi connectivity index (χ0v) is 10.9. The Hall–Kier alpha value is -0.650.